The van der Waals surface area contributed by atoms with Crippen molar-refractivity contribution in [2.24, 2.45) is 0 Å². The lowest BCUT2D eigenvalue weighted by Crippen LogP contribution is -2.05. The monoisotopic (exact) mass is 360 g/mol. The van der Waals surface area contributed by atoms with E-state index in [4.69, 9.17) is 9.84 Å². The summed E-state index contributed by atoms with van der Waals surface area (Å²) in [6.45, 7) is 0.0372. The van der Waals surface area contributed by atoms with Crippen LogP contribution in [0, 0.1) is 0 Å². The highest BCUT2D eigenvalue weighted by Gasteiger charge is 2.29. The van der Waals surface area contributed by atoms with Crippen molar-refractivity contribution in [1.29, 1.82) is 0 Å². The highest BCUT2D eigenvalue weighted by molar-refractivity contribution is 9.10. The van der Waals surface area contributed by atoms with Crippen molar-refractivity contribution in [2.75, 3.05) is 0 Å². The van der Waals surface area contributed by atoms with E-state index in [0.29, 0.717) is 16.9 Å². The summed E-state index contributed by atoms with van der Waals surface area (Å²) in [5.41, 5.74) is 0.636. The molecule has 0 aliphatic rings. The van der Waals surface area contributed by atoms with E-state index < -0.39 is 11.7 Å². The minimum atomic E-state index is -4.33. The molecule has 2 rings (SSSR count). The van der Waals surface area contributed by atoms with E-state index in [1.54, 1.807) is 18.2 Å². The average Bonchev–Trinajstić information content (AvgIpc) is 2.44. The number of ether oxygens (including phenoxy) is 1. The lowest BCUT2D eigenvalue weighted by Gasteiger charge is -2.10. The van der Waals surface area contributed by atoms with E-state index in [0.717, 1.165) is 16.6 Å². The third-order valence-corrected chi connectivity index (χ3v) is 3.26. The summed E-state index contributed by atoms with van der Waals surface area (Å²) in [5.74, 6) is 0.535. The van der Waals surface area contributed by atoms with Crippen LogP contribution in [0.4, 0.5) is 13.2 Å². The predicted octanol–water partition coefficient (Wildman–Crippen LogP) is 4.54. The minimum absolute atomic E-state index is 0.115. The van der Waals surface area contributed by atoms with Crippen LogP contribution in [0.3, 0.4) is 0 Å². The zero-order chi connectivity index (χ0) is 15.5. The van der Waals surface area contributed by atoms with Crippen molar-refractivity contribution in [3.8, 4) is 5.75 Å². The van der Waals surface area contributed by atoms with Crippen LogP contribution in [0.15, 0.2) is 46.9 Å². The fraction of sp³-hybridized carbons (Fsp3) is 0.200. The Morgan fingerprint density at radius 3 is 2.24 bits per heavy atom. The second kappa shape index (κ2) is 6.49. The molecule has 21 heavy (non-hydrogen) atoms. The lowest BCUT2D eigenvalue weighted by molar-refractivity contribution is -0.137. The average molecular weight is 361 g/mol. The normalized spacial score (nSPS) is 11.5. The summed E-state index contributed by atoms with van der Waals surface area (Å²) >= 11 is 3.30. The number of aliphatic hydroxyl groups excluding tert-OH is 1. The van der Waals surface area contributed by atoms with Gasteiger partial charge in [0.05, 0.1) is 12.2 Å². The molecule has 112 valence electrons. The number of benzene rings is 2. The first kappa shape index (κ1) is 15.9. The SMILES string of the molecule is OCc1cc(Br)cc(OCc2ccc(C(F)(F)F)cc2)c1. The standard InChI is InChI=1S/C15H12BrF3O2/c16-13-5-11(8-20)6-14(7-13)21-9-10-1-3-12(4-2-10)15(17,18)19/h1-7,20H,8-9H2. The second-order valence-electron chi connectivity index (χ2n) is 4.44. The smallest absolute Gasteiger partial charge is 0.416 e. The Kier molecular flexibility index (Phi) is 4.90. The van der Waals surface area contributed by atoms with Gasteiger partial charge in [0.1, 0.15) is 12.4 Å². The van der Waals surface area contributed by atoms with Crippen LogP contribution < -0.4 is 4.74 Å². The molecule has 0 saturated heterocycles. The van der Waals surface area contributed by atoms with Crippen LogP contribution in [0.5, 0.6) is 5.75 Å². The quantitative estimate of drug-likeness (QED) is 0.867. The topological polar surface area (TPSA) is 29.5 Å². The molecule has 0 bridgehead atoms. The molecule has 2 aromatic rings. The molecule has 0 amide bonds. The molecule has 0 fully saturated rings. The molecule has 0 unspecified atom stereocenters. The van der Waals surface area contributed by atoms with Gasteiger partial charge in [-0.15, -0.1) is 0 Å². The molecule has 0 atom stereocenters. The highest BCUT2D eigenvalue weighted by atomic mass is 79.9. The van der Waals surface area contributed by atoms with Gasteiger partial charge >= 0.3 is 6.18 Å². The molecule has 0 aliphatic carbocycles. The van der Waals surface area contributed by atoms with E-state index in [9.17, 15) is 13.2 Å². The third kappa shape index (κ3) is 4.47. The van der Waals surface area contributed by atoms with Crippen molar-refractivity contribution in [1.82, 2.24) is 0 Å². The van der Waals surface area contributed by atoms with Crippen molar-refractivity contribution in [2.45, 2.75) is 19.4 Å². The number of halogens is 4. The maximum Gasteiger partial charge on any atom is 0.416 e. The van der Waals surface area contributed by atoms with E-state index in [2.05, 4.69) is 15.9 Å². The number of rotatable bonds is 4. The number of hydrogen-bond donors (Lipinski definition) is 1. The Hall–Kier alpha value is -1.53. The fourth-order valence-corrected chi connectivity index (χ4v) is 2.27. The zero-order valence-corrected chi connectivity index (χ0v) is 12.4. The van der Waals surface area contributed by atoms with Gasteiger partial charge in [-0.2, -0.15) is 13.2 Å². The Morgan fingerprint density at radius 1 is 1.00 bits per heavy atom. The van der Waals surface area contributed by atoms with Gasteiger partial charge in [-0.1, -0.05) is 28.1 Å². The molecule has 0 radical (unpaired) electrons. The summed E-state index contributed by atoms with van der Waals surface area (Å²) in [6.07, 6.45) is -4.33. The minimum Gasteiger partial charge on any atom is -0.489 e. The number of alkyl halides is 3. The van der Waals surface area contributed by atoms with Gasteiger partial charge < -0.3 is 9.84 Å². The van der Waals surface area contributed by atoms with Crippen LogP contribution >= 0.6 is 15.9 Å². The van der Waals surface area contributed by atoms with E-state index in [1.165, 1.54) is 12.1 Å². The van der Waals surface area contributed by atoms with Gasteiger partial charge in [0, 0.05) is 4.47 Å². The summed E-state index contributed by atoms with van der Waals surface area (Å²) in [5, 5.41) is 9.10. The first-order valence-corrected chi connectivity index (χ1v) is 6.87. The summed E-state index contributed by atoms with van der Waals surface area (Å²) in [4.78, 5) is 0. The summed E-state index contributed by atoms with van der Waals surface area (Å²) < 4.78 is 43.6. The Morgan fingerprint density at radius 2 is 1.67 bits per heavy atom. The van der Waals surface area contributed by atoms with Gasteiger partial charge in [-0.05, 0) is 41.5 Å². The number of hydrogen-bond acceptors (Lipinski definition) is 2. The van der Waals surface area contributed by atoms with Crippen LogP contribution in [-0.2, 0) is 19.4 Å². The molecular weight excluding hydrogens is 349 g/mol. The maximum atomic E-state index is 12.4. The Labute approximate surface area is 128 Å². The van der Waals surface area contributed by atoms with Gasteiger partial charge in [0.2, 0.25) is 0 Å². The molecular formula is C15H12BrF3O2. The molecule has 6 heteroatoms. The van der Waals surface area contributed by atoms with Gasteiger partial charge in [-0.3, -0.25) is 0 Å². The van der Waals surface area contributed by atoms with Crippen LogP contribution in [0.25, 0.3) is 0 Å². The summed E-state index contributed by atoms with van der Waals surface area (Å²) in [7, 11) is 0. The first-order chi connectivity index (χ1) is 9.88. The fourth-order valence-electron chi connectivity index (χ4n) is 1.75. The predicted molar refractivity (Wildman–Crippen MR) is 75.8 cm³/mol. The van der Waals surface area contributed by atoms with Crippen molar-refractivity contribution in [3.05, 3.63) is 63.6 Å². The molecule has 0 heterocycles. The lowest BCUT2D eigenvalue weighted by atomic mass is 10.1. The molecule has 0 saturated carbocycles. The maximum absolute atomic E-state index is 12.4. The Bertz CT molecular complexity index is 609. The number of aliphatic hydroxyl groups is 1. The third-order valence-electron chi connectivity index (χ3n) is 2.80. The Balaban J connectivity index is 2.05. The zero-order valence-electron chi connectivity index (χ0n) is 10.8. The van der Waals surface area contributed by atoms with Crippen molar-refractivity contribution >= 4 is 15.9 Å². The van der Waals surface area contributed by atoms with Gasteiger partial charge in [-0.25, -0.2) is 0 Å². The molecule has 0 aliphatic heterocycles. The van der Waals surface area contributed by atoms with Crippen molar-refractivity contribution < 1.29 is 23.0 Å². The van der Waals surface area contributed by atoms with Gasteiger partial charge in [0.15, 0.2) is 0 Å². The van der Waals surface area contributed by atoms with E-state index >= 15 is 0 Å². The van der Waals surface area contributed by atoms with Gasteiger partial charge in [0.25, 0.3) is 0 Å². The van der Waals surface area contributed by atoms with E-state index in [-0.39, 0.29) is 13.2 Å². The molecule has 0 aromatic heterocycles. The highest BCUT2D eigenvalue weighted by Crippen LogP contribution is 2.29. The van der Waals surface area contributed by atoms with Crippen LogP contribution in [0.1, 0.15) is 16.7 Å². The van der Waals surface area contributed by atoms with Crippen LogP contribution in [0.2, 0.25) is 0 Å². The molecule has 0 spiro atoms. The molecule has 2 aromatic carbocycles. The largest absolute Gasteiger partial charge is 0.489 e. The molecule has 2 nitrogen and oxygen atoms in total. The van der Waals surface area contributed by atoms with E-state index in [1.807, 2.05) is 0 Å². The second-order valence-corrected chi connectivity index (χ2v) is 5.35. The first-order valence-electron chi connectivity index (χ1n) is 6.08. The van der Waals surface area contributed by atoms with Crippen molar-refractivity contribution in [3.63, 3.8) is 0 Å². The van der Waals surface area contributed by atoms with Crippen LogP contribution in [-0.4, -0.2) is 5.11 Å². The molecule has 1 N–H and O–H groups in total. The summed E-state index contributed by atoms with van der Waals surface area (Å²) in [6, 6.07) is 9.97.